The molecule has 0 saturated heterocycles. The molecule has 4 heteroatoms. The van der Waals surface area contributed by atoms with Gasteiger partial charge in [0.15, 0.2) is 11.6 Å². The van der Waals surface area contributed by atoms with Crippen molar-refractivity contribution in [1.29, 1.82) is 0 Å². The van der Waals surface area contributed by atoms with E-state index in [1.165, 1.54) is 6.07 Å². The van der Waals surface area contributed by atoms with Crippen LogP contribution in [0.1, 0.15) is 29.2 Å². The van der Waals surface area contributed by atoms with Crippen LogP contribution >= 0.6 is 0 Å². The Bertz CT molecular complexity index is 1420. The standard InChI is InChI=1S/C28H17F3O/c1-2-32-25-13-8-19(9-14-25)3-4-21-6-11-22(26(29)16-21)10-5-20-7-12-23-17-27(30)28(31)18-24(23)15-20/h6-9,11-18H,2H2,1H3. The fraction of sp³-hybridized carbons (Fsp3) is 0.0714. The first-order valence-electron chi connectivity index (χ1n) is 9.97. The summed E-state index contributed by atoms with van der Waals surface area (Å²) in [6.45, 7) is 2.51. The minimum Gasteiger partial charge on any atom is -0.494 e. The van der Waals surface area contributed by atoms with Gasteiger partial charge in [0.25, 0.3) is 0 Å². The Morgan fingerprint density at radius 3 is 1.91 bits per heavy atom. The second-order valence-corrected chi connectivity index (χ2v) is 6.98. The fourth-order valence-electron chi connectivity index (χ4n) is 3.10. The first kappa shape index (κ1) is 21.1. The van der Waals surface area contributed by atoms with Gasteiger partial charge in [-0.1, -0.05) is 29.7 Å². The van der Waals surface area contributed by atoms with E-state index in [1.807, 2.05) is 31.2 Å². The van der Waals surface area contributed by atoms with E-state index < -0.39 is 17.5 Å². The molecule has 0 N–H and O–H groups in total. The molecule has 0 aliphatic carbocycles. The molecule has 0 saturated carbocycles. The van der Waals surface area contributed by atoms with Crippen LogP contribution in [0.25, 0.3) is 10.8 Å². The highest BCUT2D eigenvalue weighted by molar-refractivity contribution is 5.84. The summed E-state index contributed by atoms with van der Waals surface area (Å²) in [6, 6.07) is 19.2. The topological polar surface area (TPSA) is 9.23 Å². The molecule has 0 aliphatic rings. The van der Waals surface area contributed by atoms with Crippen LogP contribution < -0.4 is 4.74 Å². The number of ether oxygens (including phenoxy) is 1. The van der Waals surface area contributed by atoms with Crippen molar-refractivity contribution in [3.8, 4) is 29.4 Å². The summed E-state index contributed by atoms with van der Waals surface area (Å²) in [7, 11) is 0. The predicted molar refractivity (Wildman–Crippen MR) is 120 cm³/mol. The van der Waals surface area contributed by atoms with Crippen LogP contribution in [-0.4, -0.2) is 6.61 Å². The van der Waals surface area contributed by atoms with Gasteiger partial charge < -0.3 is 4.74 Å². The quantitative estimate of drug-likeness (QED) is 0.335. The summed E-state index contributed by atoms with van der Waals surface area (Å²) in [5.74, 6) is 10.1. The first-order valence-corrected chi connectivity index (χ1v) is 9.97. The van der Waals surface area contributed by atoms with Gasteiger partial charge in [-0.3, -0.25) is 0 Å². The van der Waals surface area contributed by atoms with Crippen LogP contribution in [0.5, 0.6) is 5.75 Å². The van der Waals surface area contributed by atoms with Crippen molar-refractivity contribution >= 4 is 10.8 Å². The van der Waals surface area contributed by atoms with E-state index in [4.69, 9.17) is 4.74 Å². The molecule has 0 spiro atoms. The third kappa shape index (κ3) is 4.94. The normalized spacial score (nSPS) is 10.1. The van der Waals surface area contributed by atoms with Gasteiger partial charge in [-0.15, -0.1) is 0 Å². The second kappa shape index (κ2) is 9.33. The largest absolute Gasteiger partial charge is 0.494 e. The molecule has 0 atom stereocenters. The average Bonchev–Trinajstić information content (AvgIpc) is 2.79. The molecular weight excluding hydrogens is 409 g/mol. The van der Waals surface area contributed by atoms with Crippen LogP contribution in [0.3, 0.4) is 0 Å². The summed E-state index contributed by atoms with van der Waals surface area (Å²) in [6.07, 6.45) is 0. The molecule has 32 heavy (non-hydrogen) atoms. The number of rotatable bonds is 2. The second-order valence-electron chi connectivity index (χ2n) is 6.98. The van der Waals surface area contributed by atoms with Crippen molar-refractivity contribution in [3.05, 3.63) is 113 Å². The Labute approximate surface area is 184 Å². The molecule has 156 valence electrons. The number of halogens is 3. The number of hydrogen-bond donors (Lipinski definition) is 0. The predicted octanol–water partition coefficient (Wildman–Crippen LogP) is 6.46. The monoisotopic (exact) mass is 426 g/mol. The summed E-state index contributed by atoms with van der Waals surface area (Å²) >= 11 is 0. The molecule has 4 aromatic carbocycles. The van der Waals surface area contributed by atoms with Crippen molar-refractivity contribution < 1.29 is 17.9 Å². The van der Waals surface area contributed by atoms with Crippen LogP contribution in [0.2, 0.25) is 0 Å². The lowest BCUT2D eigenvalue weighted by Gasteiger charge is -2.01. The van der Waals surface area contributed by atoms with E-state index in [2.05, 4.69) is 23.7 Å². The Hall–Kier alpha value is -4.15. The molecule has 1 nitrogen and oxygen atoms in total. The highest BCUT2D eigenvalue weighted by Crippen LogP contribution is 2.20. The molecule has 0 heterocycles. The van der Waals surface area contributed by atoms with E-state index in [0.717, 1.165) is 23.4 Å². The molecule has 0 radical (unpaired) electrons. The summed E-state index contributed by atoms with van der Waals surface area (Å²) in [4.78, 5) is 0. The van der Waals surface area contributed by atoms with E-state index in [1.54, 1.807) is 30.3 Å². The smallest absolute Gasteiger partial charge is 0.159 e. The molecule has 0 aliphatic heterocycles. The lowest BCUT2D eigenvalue weighted by molar-refractivity contribution is 0.340. The van der Waals surface area contributed by atoms with Crippen molar-refractivity contribution in [2.24, 2.45) is 0 Å². The molecule has 0 aromatic heterocycles. The third-order valence-electron chi connectivity index (χ3n) is 4.71. The van der Waals surface area contributed by atoms with Crippen LogP contribution in [0.15, 0.2) is 72.8 Å². The fourth-order valence-corrected chi connectivity index (χ4v) is 3.10. The zero-order valence-electron chi connectivity index (χ0n) is 17.2. The van der Waals surface area contributed by atoms with Gasteiger partial charge in [0.1, 0.15) is 11.6 Å². The van der Waals surface area contributed by atoms with Gasteiger partial charge >= 0.3 is 0 Å². The average molecular weight is 426 g/mol. The summed E-state index contributed by atoms with van der Waals surface area (Å²) in [5.41, 5.74) is 2.12. The van der Waals surface area contributed by atoms with Gasteiger partial charge in [-0.05, 0) is 84.4 Å². The zero-order chi connectivity index (χ0) is 22.5. The third-order valence-corrected chi connectivity index (χ3v) is 4.71. The van der Waals surface area contributed by atoms with Crippen LogP contribution in [0, 0.1) is 41.1 Å². The van der Waals surface area contributed by atoms with E-state index in [0.29, 0.717) is 28.5 Å². The van der Waals surface area contributed by atoms with Gasteiger partial charge in [-0.25, -0.2) is 13.2 Å². The minimum atomic E-state index is -0.921. The molecule has 0 unspecified atom stereocenters. The molecule has 0 amide bonds. The maximum Gasteiger partial charge on any atom is 0.159 e. The number of benzene rings is 4. The van der Waals surface area contributed by atoms with Crippen LogP contribution in [-0.2, 0) is 0 Å². The molecular formula is C28H17F3O. The van der Waals surface area contributed by atoms with E-state index >= 15 is 0 Å². The Morgan fingerprint density at radius 1 is 0.594 bits per heavy atom. The SMILES string of the molecule is CCOc1ccc(C#Cc2ccc(C#Cc3ccc4cc(F)c(F)cc4c3)c(F)c2)cc1. The van der Waals surface area contributed by atoms with Gasteiger partial charge in [0.2, 0.25) is 0 Å². The maximum absolute atomic E-state index is 14.5. The lowest BCUT2D eigenvalue weighted by Crippen LogP contribution is -1.90. The van der Waals surface area contributed by atoms with E-state index in [9.17, 15) is 13.2 Å². The molecule has 4 rings (SSSR count). The number of fused-ring (bicyclic) bond motifs is 1. The lowest BCUT2D eigenvalue weighted by atomic mass is 10.1. The minimum absolute atomic E-state index is 0.224. The van der Waals surface area contributed by atoms with Gasteiger partial charge in [0.05, 0.1) is 12.2 Å². The zero-order valence-corrected chi connectivity index (χ0v) is 17.2. The van der Waals surface area contributed by atoms with Gasteiger partial charge in [0, 0.05) is 16.7 Å². The van der Waals surface area contributed by atoms with Crippen molar-refractivity contribution in [3.63, 3.8) is 0 Å². The Morgan fingerprint density at radius 2 is 1.19 bits per heavy atom. The van der Waals surface area contributed by atoms with Crippen molar-refractivity contribution in [2.75, 3.05) is 6.61 Å². The molecule has 0 fully saturated rings. The molecule has 0 bridgehead atoms. The number of hydrogen-bond acceptors (Lipinski definition) is 1. The summed E-state index contributed by atoms with van der Waals surface area (Å²) in [5, 5.41) is 1.09. The highest BCUT2D eigenvalue weighted by Gasteiger charge is 2.04. The highest BCUT2D eigenvalue weighted by atomic mass is 19.2. The summed E-state index contributed by atoms with van der Waals surface area (Å²) < 4.78 is 46.7. The Kier molecular flexibility index (Phi) is 6.15. The van der Waals surface area contributed by atoms with Crippen LogP contribution in [0.4, 0.5) is 13.2 Å². The molecule has 4 aromatic rings. The first-order chi connectivity index (χ1) is 15.5. The van der Waals surface area contributed by atoms with Gasteiger partial charge in [-0.2, -0.15) is 0 Å². The maximum atomic E-state index is 14.5. The van der Waals surface area contributed by atoms with Crippen molar-refractivity contribution in [1.82, 2.24) is 0 Å². The van der Waals surface area contributed by atoms with E-state index in [-0.39, 0.29) is 5.56 Å². The van der Waals surface area contributed by atoms with Crippen molar-refractivity contribution in [2.45, 2.75) is 6.92 Å². The Balaban J connectivity index is 1.53.